The van der Waals surface area contributed by atoms with Crippen LogP contribution >= 0.6 is 0 Å². The second-order valence-corrected chi connectivity index (χ2v) is 9.14. The number of likely N-dealkylation sites (N-methyl/N-ethyl adjacent to an activating group) is 1. The van der Waals surface area contributed by atoms with Gasteiger partial charge < -0.3 is 9.80 Å². The first-order valence-corrected chi connectivity index (χ1v) is 9.99. The first-order chi connectivity index (χ1) is 13.9. The van der Waals surface area contributed by atoms with E-state index in [9.17, 15) is 18.0 Å². The number of alkyl halides is 3. The molecule has 2 aliphatic heterocycles. The summed E-state index contributed by atoms with van der Waals surface area (Å²) in [6.45, 7) is 6.43. The zero-order valence-corrected chi connectivity index (χ0v) is 17.5. The number of nitrogens with zero attached hydrogens (tertiary/aromatic N) is 7. The van der Waals surface area contributed by atoms with Crippen LogP contribution in [0.25, 0.3) is 5.65 Å². The lowest BCUT2D eigenvalue weighted by atomic mass is 9.96. The molecule has 0 radical (unpaired) electrons. The summed E-state index contributed by atoms with van der Waals surface area (Å²) in [4.78, 5) is 17.3. The van der Waals surface area contributed by atoms with Crippen LogP contribution in [-0.4, -0.2) is 87.0 Å². The number of hydrogen-bond acceptors (Lipinski definition) is 6. The molecule has 2 aromatic heterocycles. The summed E-state index contributed by atoms with van der Waals surface area (Å²) in [6.07, 6.45) is -3.95. The maximum Gasteiger partial charge on any atom is 0.406 e. The number of carbonyl (C=O) groups is 1. The number of amides is 1. The molecule has 8 nitrogen and oxygen atoms in total. The molecular formula is C19H26F3N7O. The fourth-order valence-corrected chi connectivity index (χ4v) is 4.04. The van der Waals surface area contributed by atoms with Crippen LogP contribution in [0.2, 0.25) is 0 Å². The highest BCUT2D eigenvalue weighted by Gasteiger charge is 2.44. The van der Waals surface area contributed by atoms with Gasteiger partial charge in [-0.25, -0.2) is 0 Å². The zero-order chi connectivity index (χ0) is 21.8. The monoisotopic (exact) mass is 425 g/mol. The molecule has 2 saturated heterocycles. The van der Waals surface area contributed by atoms with Gasteiger partial charge in [0.25, 0.3) is 0 Å². The summed E-state index contributed by atoms with van der Waals surface area (Å²) in [5, 5.41) is 13.1. The summed E-state index contributed by atoms with van der Waals surface area (Å²) < 4.78 is 39.7. The molecule has 1 atom stereocenters. The Morgan fingerprint density at radius 3 is 2.50 bits per heavy atom. The van der Waals surface area contributed by atoms with E-state index in [1.807, 2.05) is 44.9 Å². The Bertz CT molecular complexity index is 946. The highest BCUT2D eigenvalue weighted by Crippen LogP contribution is 2.28. The van der Waals surface area contributed by atoms with Crippen molar-refractivity contribution in [3.63, 3.8) is 0 Å². The first-order valence-electron chi connectivity index (χ1n) is 9.99. The van der Waals surface area contributed by atoms with Crippen LogP contribution < -0.4 is 4.90 Å². The number of fused-ring (bicyclic) bond motifs is 1. The maximum atomic E-state index is 12.6. The van der Waals surface area contributed by atoms with E-state index in [1.54, 1.807) is 4.52 Å². The Hall–Kier alpha value is -2.43. The van der Waals surface area contributed by atoms with Crippen molar-refractivity contribution in [1.29, 1.82) is 0 Å². The van der Waals surface area contributed by atoms with Crippen LogP contribution in [0.15, 0.2) is 12.1 Å². The second kappa shape index (κ2) is 7.07. The quantitative estimate of drug-likeness (QED) is 0.743. The third-order valence-electron chi connectivity index (χ3n) is 5.81. The van der Waals surface area contributed by atoms with E-state index in [0.717, 1.165) is 16.5 Å². The molecule has 2 aliphatic rings. The van der Waals surface area contributed by atoms with Gasteiger partial charge in [-0.2, -0.15) is 17.7 Å². The van der Waals surface area contributed by atoms with Gasteiger partial charge in [0.05, 0.1) is 6.04 Å². The van der Waals surface area contributed by atoms with E-state index in [0.29, 0.717) is 25.2 Å². The van der Waals surface area contributed by atoms with E-state index < -0.39 is 24.7 Å². The minimum absolute atomic E-state index is 0.0882. The predicted molar refractivity (Wildman–Crippen MR) is 104 cm³/mol. The number of anilines is 1. The van der Waals surface area contributed by atoms with Crippen LogP contribution in [0.4, 0.5) is 19.0 Å². The number of carbonyl (C=O) groups excluding carboxylic acids is 1. The normalized spacial score (nSPS) is 21.2. The van der Waals surface area contributed by atoms with E-state index >= 15 is 0 Å². The molecule has 30 heavy (non-hydrogen) atoms. The standard InChI is InChI=1S/C19H26F3N7O/c1-18(2,3)17-24-23-14-5-6-15(25-29(14)17)28-9-12(10-28)26(4)13-7-8-27(16(13)30)11-19(20,21)22/h5-6,12-13H,7-11H2,1-4H3. The minimum atomic E-state index is -4.37. The Morgan fingerprint density at radius 1 is 1.17 bits per heavy atom. The molecule has 0 saturated carbocycles. The SMILES string of the molecule is CN(C1CN(c2ccc3nnc(C(C)(C)C)n3n2)C1)C1CCN(CC(F)(F)F)C1=O. The molecule has 164 valence electrons. The molecule has 1 unspecified atom stereocenters. The minimum Gasteiger partial charge on any atom is -0.352 e. The molecule has 1 amide bonds. The highest BCUT2D eigenvalue weighted by atomic mass is 19.4. The van der Waals surface area contributed by atoms with Gasteiger partial charge in [-0.05, 0) is 25.6 Å². The molecule has 2 fully saturated rings. The van der Waals surface area contributed by atoms with E-state index in [-0.39, 0.29) is 18.0 Å². The van der Waals surface area contributed by atoms with Crippen molar-refractivity contribution >= 4 is 17.4 Å². The van der Waals surface area contributed by atoms with E-state index in [4.69, 9.17) is 0 Å². The van der Waals surface area contributed by atoms with Crippen LogP contribution in [-0.2, 0) is 10.2 Å². The van der Waals surface area contributed by atoms with Crippen molar-refractivity contribution in [3.05, 3.63) is 18.0 Å². The summed E-state index contributed by atoms with van der Waals surface area (Å²) in [6, 6.07) is 3.35. The van der Waals surface area contributed by atoms with Crippen LogP contribution in [0.1, 0.15) is 33.0 Å². The van der Waals surface area contributed by atoms with Crippen molar-refractivity contribution in [2.24, 2.45) is 0 Å². The fourth-order valence-electron chi connectivity index (χ4n) is 4.04. The van der Waals surface area contributed by atoms with Gasteiger partial charge in [0.2, 0.25) is 5.91 Å². The predicted octanol–water partition coefficient (Wildman–Crippen LogP) is 1.71. The van der Waals surface area contributed by atoms with Gasteiger partial charge in [0.1, 0.15) is 12.4 Å². The topological polar surface area (TPSA) is 69.9 Å². The van der Waals surface area contributed by atoms with Crippen molar-refractivity contribution < 1.29 is 18.0 Å². The van der Waals surface area contributed by atoms with Gasteiger partial charge in [0, 0.05) is 31.1 Å². The second-order valence-electron chi connectivity index (χ2n) is 9.14. The Labute approximate surface area is 172 Å². The van der Waals surface area contributed by atoms with Crippen LogP contribution in [0, 0.1) is 0 Å². The molecule has 0 aliphatic carbocycles. The molecular weight excluding hydrogens is 399 g/mol. The van der Waals surface area contributed by atoms with Crippen molar-refractivity contribution in [2.45, 2.75) is 50.9 Å². The number of rotatable bonds is 4. The summed E-state index contributed by atoms with van der Waals surface area (Å²) in [7, 11) is 1.82. The Morgan fingerprint density at radius 2 is 1.87 bits per heavy atom. The third-order valence-corrected chi connectivity index (χ3v) is 5.81. The van der Waals surface area contributed by atoms with Gasteiger partial charge in [-0.3, -0.25) is 9.69 Å². The van der Waals surface area contributed by atoms with Gasteiger partial charge >= 0.3 is 6.18 Å². The van der Waals surface area contributed by atoms with Gasteiger partial charge in [0.15, 0.2) is 11.5 Å². The third kappa shape index (κ3) is 3.82. The van der Waals surface area contributed by atoms with Crippen molar-refractivity contribution in [3.8, 4) is 0 Å². The number of aromatic nitrogens is 4. The largest absolute Gasteiger partial charge is 0.406 e. The summed E-state index contributed by atoms with van der Waals surface area (Å²) in [5.41, 5.74) is 0.479. The number of likely N-dealkylation sites (tertiary alicyclic amines) is 1. The van der Waals surface area contributed by atoms with Crippen LogP contribution in [0.5, 0.6) is 0 Å². The lowest BCUT2D eigenvalue weighted by Crippen LogP contribution is -2.62. The smallest absolute Gasteiger partial charge is 0.352 e. The summed E-state index contributed by atoms with van der Waals surface area (Å²) in [5.74, 6) is 1.12. The number of hydrogen-bond donors (Lipinski definition) is 0. The zero-order valence-electron chi connectivity index (χ0n) is 17.5. The van der Waals surface area contributed by atoms with Crippen molar-refractivity contribution in [2.75, 3.05) is 38.1 Å². The molecule has 2 aromatic rings. The van der Waals surface area contributed by atoms with Crippen LogP contribution in [0.3, 0.4) is 0 Å². The molecule has 0 aromatic carbocycles. The van der Waals surface area contributed by atoms with E-state index in [2.05, 4.69) is 20.2 Å². The average molecular weight is 425 g/mol. The molecule has 0 spiro atoms. The Balaban J connectivity index is 1.41. The molecule has 0 bridgehead atoms. The molecule has 4 rings (SSSR count). The number of halogens is 3. The van der Waals surface area contributed by atoms with Crippen molar-refractivity contribution in [1.82, 2.24) is 29.6 Å². The molecule has 11 heteroatoms. The lowest BCUT2D eigenvalue weighted by molar-refractivity contribution is -0.159. The highest BCUT2D eigenvalue weighted by molar-refractivity contribution is 5.84. The fraction of sp³-hybridized carbons (Fsp3) is 0.684. The average Bonchev–Trinajstić information content (AvgIpc) is 3.16. The lowest BCUT2D eigenvalue weighted by Gasteiger charge is -2.46. The maximum absolute atomic E-state index is 12.6. The first kappa shape index (κ1) is 20.8. The summed E-state index contributed by atoms with van der Waals surface area (Å²) >= 11 is 0. The van der Waals surface area contributed by atoms with Gasteiger partial charge in [-0.1, -0.05) is 20.8 Å². The molecule has 4 heterocycles. The van der Waals surface area contributed by atoms with Gasteiger partial charge in [-0.15, -0.1) is 15.3 Å². The van der Waals surface area contributed by atoms with E-state index in [1.165, 1.54) is 0 Å². The molecule has 0 N–H and O–H groups in total. The Kier molecular flexibility index (Phi) is 4.91.